The van der Waals surface area contributed by atoms with Gasteiger partial charge in [-0.1, -0.05) is 11.6 Å². The van der Waals surface area contributed by atoms with Gasteiger partial charge in [-0.2, -0.15) is 13.2 Å². The summed E-state index contributed by atoms with van der Waals surface area (Å²) in [4.78, 5) is 30.3. The molecule has 36 heavy (non-hydrogen) atoms. The maximum Gasteiger partial charge on any atom is 0.416 e. The van der Waals surface area contributed by atoms with E-state index in [0.717, 1.165) is 23.9 Å². The van der Waals surface area contributed by atoms with E-state index in [4.69, 9.17) is 11.6 Å². The highest BCUT2D eigenvalue weighted by Gasteiger charge is 2.31. The van der Waals surface area contributed by atoms with Crippen LogP contribution in [0, 0.1) is 0 Å². The second kappa shape index (κ2) is 10.8. The Hall–Kier alpha value is -2.53. The number of piperidine rings is 1. The number of hydrogen-bond acceptors (Lipinski definition) is 6. The van der Waals surface area contributed by atoms with Gasteiger partial charge < -0.3 is 20.1 Å². The standard InChI is InChI=1S/C25H24ClF3N2O4S/c26-15-2-4-21(34)19(12-15)22-18-11-14(25(27,28)29)1-3-20(18)30-24(35)23(22)36-13-17(33)7-10-31-8-5-16(32)6-9-31/h1-4,11-12,16,32,34H,5-10,13H2,(H,30,35). The van der Waals surface area contributed by atoms with Crippen LogP contribution in [-0.2, 0) is 11.0 Å². The lowest BCUT2D eigenvalue weighted by molar-refractivity contribution is -0.137. The van der Waals surface area contributed by atoms with Crippen molar-refractivity contribution >= 4 is 40.0 Å². The number of aliphatic hydroxyl groups is 1. The number of carbonyl (C=O) groups is 1. The number of phenolic OH excluding ortho intramolecular Hbond substituents is 1. The van der Waals surface area contributed by atoms with E-state index in [9.17, 15) is 33.0 Å². The number of thioether (sulfide) groups is 1. The highest BCUT2D eigenvalue weighted by Crippen LogP contribution is 2.42. The smallest absolute Gasteiger partial charge is 0.416 e. The normalized spacial score (nSPS) is 15.5. The van der Waals surface area contributed by atoms with Crippen molar-refractivity contribution in [3.8, 4) is 16.9 Å². The first-order valence-corrected chi connectivity index (χ1v) is 12.7. The van der Waals surface area contributed by atoms with Crippen LogP contribution in [0.1, 0.15) is 24.8 Å². The Morgan fingerprint density at radius 2 is 1.89 bits per heavy atom. The number of fused-ring (bicyclic) bond motifs is 1. The van der Waals surface area contributed by atoms with Crippen LogP contribution < -0.4 is 5.56 Å². The van der Waals surface area contributed by atoms with Gasteiger partial charge in [-0.15, -0.1) is 11.8 Å². The number of halogens is 4. The fourth-order valence-corrected chi connectivity index (χ4v) is 5.38. The fourth-order valence-electron chi connectivity index (χ4n) is 4.22. The lowest BCUT2D eigenvalue weighted by atomic mass is 9.98. The van der Waals surface area contributed by atoms with Crippen molar-refractivity contribution in [2.24, 2.45) is 0 Å². The van der Waals surface area contributed by atoms with Crippen molar-refractivity contribution in [3.05, 3.63) is 57.3 Å². The number of rotatable bonds is 7. The molecule has 1 saturated heterocycles. The summed E-state index contributed by atoms with van der Waals surface area (Å²) >= 11 is 7.03. The Labute approximate surface area is 214 Å². The first kappa shape index (κ1) is 26.5. The number of benzene rings is 2. The van der Waals surface area contributed by atoms with E-state index in [1.807, 2.05) is 0 Å². The van der Waals surface area contributed by atoms with Gasteiger partial charge in [0.25, 0.3) is 5.56 Å². The van der Waals surface area contributed by atoms with Gasteiger partial charge in [0.1, 0.15) is 11.5 Å². The molecule has 2 heterocycles. The average Bonchev–Trinajstić information content (AvgIpc) is 2.83. The number of H-pyrrole nitrogens is 1. The number of aromatic nitrogens is 1. The molecule has 0 saturated carbocycles. The summed E-state index contributed by atoms with van der Waals surface area (Å²) in [7, 11) is 0. The molecule has 3 N–H and O–H groups in total. The Morgan fingerprint density at radius 1 is 1.17 bits per heavy atom. The molecule has 1 aliphatic heterocycles. The zero-order valence-corrected chi connectivity index (χ0v) is 20.6. The Bertz CT molecular complexity index is 1340. The number of likely N-dealkylation sites (tertiary alicyclic amines) is 1. The molecular weight excluding hydrogens is 517 g/mol. The van der Waals surface area contributed by atoms with Crippen LogP contribution in [0.4, 0.5) is 13.2 Å². The molecule has 0 atom stereocenters. The SMILES string of the molecule is O=C(CCN1CCC(O)CC1)CSc1c(-c2cc(Cl)ccc2O)c2cc(C(F)(F)F)ccc2[nH]c1=O. The van der Waals surface area contributed by atoms with Crippen LogP contribution in [-0.4, -0.2) is 57.4 Å². The summed E-state index contributed by atoms with van der Waals surface area (Å²) in [5, 5.41) is 20.4. The van der Waals surface area contributed by atoms with E-state index in [1.54, 1.807) is 0 Å². The lowest BCUT2D eigenvalue weighted by Gasteiger charge is -2.29. The summed E-state index contributed by atoms with van der Waals surface area (Å²) in [5.74, 6) is -0.460. The lowest BCUT2D eigenvalue weighted by Crippen LogP contribution is -2.37. The minimum absolute atomic E-state index is 0.0221. The zero-order valence-electron chi connectivity index (χ0n) is 19.1. The summed E-state index contributed by atoms with van der Waals surface area (Å²) in [6.07, 6.45) is -3.38. The maximum atomic E-state index is 13.5. The quantitative estimate of drug-likeness (QED) is 0.362. The number of pyridine rings is 1. The van der Waals surface area contributed by atoms with E-state index in [0.29, 0.717) is 32.5 Å². The van der Waals surface area contributed by atoms with Crippen LogP contribution in [0.2, 0.25) is 5.02 Å². The number of aliphatic hydroxyl groups excluding tert-OH is 1. The first-order valence-electron chi connectivity index (χ1n) is 11.3. The summed E-state index contributed by atoms with van der Waals surface area (Å²) in [6, 6.07) is 7.05. The Morgan fingerprint density at radius 3 is 2.58 bits per heavy atom. The van der Waals surface area contributed by atoms with Crippen LogP contribution >= 0.6 is 23.4 Å². The molecule has 6 nitrogen and oxygen atoms in total. The van der Waals surface area contributed by atoms with E-state index >= 15 is 0 Å². The van der Waals surface area contributed by atoms with Gasteiger partial charge in [0, 0.05) is 53.1 Å². The van der Waals surface area contributed by atoms with Gasteiger partial charge >= 0.3 is 6.18 Å². The number of nitrogens with zero attached hydrogens (tertiary/aromatic N) is 1. The second-order valence-corrected chi connectivity index (χ2v) is 10.2. The van der Waals surface area contributed by atoms with E-state index in [2.05, 4.69) is 9.88 Å². The number of Topliss-reactive ketones (excluding diaryl/α,β-unsaturated/α-hetero) is 1. The third-order valence-corrected chi connectivity index (χ3v) is 7.55. The van der Waals surface area contributed by atoms with Crippen LogP contribution in [0.5, 0.6) is 5.75 Å². The molecule has 0 amide bonds. The van der Waals surface area contributed by atoms with E-state index in [-0.39, 0.29) is 61.8 Å². The molecule has 1 aromatic heterocycles. The molecule has 1 fully saturated rings. The highest BCUT2D eigenvalue weighted by molar-refractivity contribution is 8.00. The van der Waals surface area contributed by atoms with E-state index in [1.165, 1.54) is 24.3 Å². The molecule has 2 aromatic carbocycles. The van der Waals surface area contributed by atoms with Crippen LogP contribution in [0.15, 0.2) is 46.1 Å². The minimum Gasteiger partial charge on any atom is -0.507 e. The Balaban J connectivity index is 1.68. The third kappa shape index (κ3) is 6.05. The number of hydrogen-bond donors (Lipinski definition) is 3. The summed E-state index contributed by atoms with van der Waals surface area (Å²) in [5.41, 5.74) is -1.16. The number of alkyl halides is 3. The van der Waals surface area contributed by atoms with Gasteiger partial charge in [-0.3, -0.25) is 9.59 Å². The van der Waals surface area contributed by atoms with Crippen LogP contribution in [0.25, 0.3) is 22.0 Å². The topological polar surface area (TPSA) is 93.6 Å². The fraction of sp³-hybridized carbons (Fsp3) is 0.360. The minimum atomic E-state index is -4.62. The first-order chi connectivity index (χ1) is 17.0. The molecule has 0 unspecified atom stereocenters. The van der Waals surface area contributed by atoms with Gasteiger partial charge in [0.05, 0.1) is 22.3 Å². The Kier molecular flexibility index (Phi) is 7.99. The molecule has 4 rings (SSSR count). The van der Waals surface area contributed by atoms with Crippen molar-refractivity contribution in [2.45, 2.75) is 36.4 Å². The predicted octanol–water partition coefficient (Wildman–Crippen LogP) is 5.08. The monoisotopic (exact) mass is 540 g/mol. The number of carbonyl (C=O) groups excluding carboxylic acids is 1. The average molecular weight is 541 g/mol. The van der Waals surface area contributed by atoms with Gasteiger partial charge in [0.15, 0.2) is 0 Å². The van der Waals surface area contributed by atoms with E-state index < -0.39 is 17.3 Å². The van der Waals surface area contributed by atoms with Gasteiger partial charge in [-0.05, 0) is 49.2 Å². The summed E-state index contributed by atoms with van der Waals surface area (Å²) < 4.78 is 40.4. The van der Waals surface area contributed by atoms with Crippen molar-refractivity contribution < 1.29 is 28.2 Å². The number of aromatic hydroxyl groups is 1. The number of phenols is 1. The molecule has 3 aromatic rings. The van der Waals surface area contributed by atoms with Gasteiger partial charge in [-0.25, -0.2) is 0 Å². The zero-order chi connectivity index (χ0) is 26.0. The molecule has 11 heteroatoms. The van der Waals surface area contributed by atoms with Gasteiger partial charge in [0.2, 0.25) is 0 Å². The summed E-state index contributed by atoms with van der Waals surface area (Å²) in [6.45, 7) is 1.92. The van der Waals surface area contributed by atoms with Crippen molar-refractivity contribution in [3.63, 3.8) is 0 Å². The second-order valence-electron chi connectivity index (χ2n) is 8.73. The molecule has 0 spiro atoms. The molecule has 0 bridgehead atoms. The number of nitrogens with one attached hydrogen (secondary N) is 1. The molecule has 192 valence electrons. The number of aromatic amines is 1. The third-order valence-electron chi connectivity index (χ3n) is 6.17. The van der Waals surface area contributed by atoms with Crippen molar-refractivity contribution in [1.82, 2.24) is 9.88 Å². The number of ketones is 1. The maximum absolute atomic E-state index is 13.5. The molecule has 1 aliphatic rings. The molecule has 0 aliphatic carbocycles. The molecule has 0 radical (unpaired) electrons. The predicted molar refractivity (Wildman–Crippen MR) is 134 cm³/mol. The molecular formula is C25H24ClF3N2O4S. The van der Waals surface area contributed by atoms with Crippen LogP contribution in [0.3, 0.4) is 0 Å². The van der Waals surface area contributed by atoms with Crippen molar-refractivity contribution in [1.29, 1.82) is 0 Å². The largest absolute Gasteiger partial charge is 0.507 e. The van der Waals surface area contributed by atoms with Crippen molar-refractivity contribution in [2.75, 3.05) is 25.4 Å². The highest BCUT2D eigenvalue weighted by atomic mass is 35.5.